The van der Waals surface area contributed by atoms with E-state index in [0.717, 1.165) is 10.3 Å². The van der Waals surface area contributed by atoms with Gasteiger partial charge in [0.2, 0.25) is 5.91 Å². The highest BCUT2D eigenvalue weighted by molar-refractivity contribution is 5.96. The molecule has 7 nitrogen and oxygen atoms in total. The average Bonchev–Trinajstić information content (AvgIpc) is 3.11. The summed E-state index contributed by atoms with van der Waals surface area (Å²) in [6.07, 6.45) is -0.625. The number of carbonyl (C=O) groups is 3. The van der Waals surface area contributed by atoms with Gasteiger partial charge in [0, 0.05) is 11.8 Å². The van der Waals surface area contributed by atoms with E-state index < -0.39 is 29.4 Å². The molecule has 2 heterocycles. The van der Waals surface area contributed by atoms with Crippen LogP contribution in [0.3, 0.4) is 0 Å². The molecule has 0 radical (unpaired) electrons. The first-order valence-electron chi connectivity index (χ1n) is 9.76. The molecule has 0 bridgehead atoms. The van der Waals surface area contributed by atoms with Gasteiger partial charge in [-0.3, -0.25) is 4.79 Å². The molecule has 156 valence electrons. The number of hydrogen-bond acceptors (Lipinski definition) is 5. The van der Waals surface area contributed by atoms with Crippen LogP contribution in [0.5, 0.6) is 0 Å². The summed E-state index contributed by atoms with van der Waals surface area (Å²) in [5.74, 6) is -0.315. The highest BCUT2D eigenvalue weighted by Crippen LogP contribution is 2.37. The van der Waals surface area contributed by atoms with Crippen molar-refractivity contribution in [3.8, 4) is 0 Å². The molecule has 7 heteroatoms. The fourth-order valence-corrected chi connectivity index (χ4v) is 3.44. The molecule has 0 aliphatic carbocycles. The second-order valence-corrected chi connectivity index (χ2v) is 9.24. The largest absolute Gasteiger partial charge is 0.443 e. The Bertz CT molecular complexity index is 962. The number of hydrogen-bond donors (Lipinski definition) is 0. The number of benzene rings is 1. The van der Waals surface area contributed by atoms with Crippen LogP contribution in [0.15, 0.2) is 30.3 Å². The molecule has 0 N–H and O–H groups in total. The van der Waals surface area contributed by atoms with Gasteiger partial charge in [-0.15, -0.1) is 0 Å². The zero-order valence-electron chi connectivity index (χ0n) is 17.8. The minimum atomic E-state index is -0.734. The Labute approximate surface area is 170 Å². The van der Waals surface area contributed by atoms with Crippen LogP contribution in [0.25, 0.3) is 10.9 Å². The van der Waals surface area contributed by atoms with Crippen molar-refractivity contribution in [1.82, 2.24) is 9.47 Å². The predicted octanol–water partition coefficient (Wildman–Crippen LogP) is 5.02. The Kier molecular flexibility index (Phi) is 5.19. The molecular weight excluding hydrogens is 372 g/mol. The Balaban J connectivity index is 2.08. The molecule has 0 saturated carbocycles. The molecule has 1 aliphatic rings. The number of aromatic nitrogens is 1. The third-order valence-corrected chi connectivity index (χ3v) is 4.46. The predicted molar refractivity (Wildman–Crippen MR) is 109 cm³/mol. The van der Waals surface area contributed by atoms with Crippen LogP contribution < -0.4 is 0 Å². The smallest absolute Gasteiger partial charge is 0.419 e. The van der Waals surface area contributed by atoms with E-state index in [1.54, 1.807) is 41.5 Å². The lowest BCUT2D eigenvalue weighted by Crippen LogP contribution is -2.40. The number of fused-ring (bicyclic) bond motifs is 1. The van der Waals surface area contributed by atoms with Crippen molar-refractivity contribution >= 4 is 29.0 Å². The normalized spacial score (nSPS) is 17.7. The van der Waals surface area contributed by atoms with Gasteiger partial charge in [0.15, 0.2) is 0 Å². The number of imide groups is 1. The maximum absolute atomic E-state index is 13.0. The van der Waals surface area contributed by atoms with Crippen molar-refractivity contribution in [1.29, 1.82) is 0 Å². The van der Waals surface area contributed by atoms with Crippen LogP contribution in [0.2, 0.25) is 0 Å². The summed E-state index contributed by atoms with van der Waals surface area (Å²) in [6, 6.07) is 8.64. The van der Waals surface area contributed by atoms with Gasteiger partial charge in [-0.1, -0.05) is 18.2 Å². The lowest BCUT2D eigenvalue weighted by Gasteiger charge is -2.28. The highest BCUT2D eigenvalue weighted by atomic mass is 16.6. The summed E-state index contributed by atoms with van der Waals surface area (Å²) < 4.78 is 12.5. The SMILES string of the molecule is CC(C)(C)OC(=O)N1C(=O)CC[C@@H]1c1cc2ccccc2n1C(=O)OC(C)(C)C. The minimum absolute atomic E-state index is 0.208. The van der Waals surface area contributed by atoms with E-state index in [0.29, 0.717) is 17.6 Å². The first-order valence-corrected chi connectivity index (χ1v) is 9.76. The molecule has 1 aromatic heterocycles. The van der Waals surface area contributed by atoms with Gasteiger partial charge in [0.25, 0.3) is 0 Å². The van der Waals surface area contributed by atoms with Crippen LogP contribution in [0, 0.1) is 0 Å². The summed E-state index contributed by atoms with van der Waals surface area (Å²) in [7, 11) is 0. The summed E-state index contributed by atoms with van der Waals surface area (Å²) in [6.45, 7) is 10.6. The van der Waals surface area contributed by atoms with Gasteiger partial charge in [-0.05, 0) is 60.1 Å². The van der Waals surface area contributed by atoms with E-state index in [4.69, 9.17) is 9.47 Å². The quantitative estimate of drug-likeness (QED) is 0.671. The van der Waals surface area contributed by atoms with E-state index in [1.165, 1.54) is 4.57 Å². The second-order valence-electron chi connectivity index (χ2n) is 9.24. The summed E-state index contributed by atoms with van der Waals surface area (Å²) in [5, 5.41) is 0.830. The van der Waals surface area contributed by atoms with Crippen molar-refractivity contribution in [2.24, 2.45) is 0 Å². The van der Waals surface area contributed by atoms with Crippen LogP contribution in [0.4, 0.5) is 9.59 Å². The van der Waals surface area contributed by atoms with Gasteiger partial charge in [0.1, 0.15) is 11.2 Å². The molecule has 1 fully saturated rings. The summed E-state index contributed by atoms with van der Waals surface area (Å²) in [5.41, 5.74) is -0.212. The van der Waals surface area contributed by atoms with Crippen molar-refractivity contribution in [3.63, 3.8) is 0 Å². The van der Waals surface area contributed by atoms with E-state index >= 15 is 0 Å². The fourth-order valence-electron chi connectivity index (χ4n) is 3.44. The lowest BCUT2D eigenvalue weighted by molar-refractivity contribution is -0.128. The van der Waals surface area contributed by atoms with Crippen LogP contribution in [0.1, 0.15) is 66.1 Å². The van der Waals surface area contributed by atoms with E-state index in [-0.39, 0.29) is 12.3 Å². The van der Waals surface area contributed by atoms with E-state index in [1.807, 2.05) is 30.3 Å². The van der Waals surface area contributed by atoms with E-state index in [2.05, 4.69) is 0 Å². The molecule has 2 amide bonds. The summed E-state index contributed by atoms with van der Waals surface area (Å²) >= 11 is 0. The van der Waals surface area contributed by atoms with Crippen molar-refractivity contribution < 1.29 is 23.9 Å². The van der Waals surface area contributed by atoms with Crippen LogP contribution in [-0.2, 0) is 14.3 Å². The van der Waals surface area contributed by atoms with Gasteiger partial charge < -0.3 is 9.47 Å². The third-order valence-electron chi connectivity index (χ3n) is 4.46. The van der Waals surface area contributed by atoms with Gasteiger partial charge in [-0.25, -0.2) is 19.1 Å². The van der Waals surface area contributed by atoms with Gasteiger partial charge in [-0.2, -0.15) is 0 Å². The number of ether oxygens (including phenoxy) is 2. The molecule has 1 aromatic carbocycles. The number of amides is 2. The Hall–Kier alpha value is -2.83. The molecule has 2 aromatic rings. The molecule has 3 rings (SSSR count). The van der Waals surface area contributed by atoms with Crippen molar-refractivity contribution in [2.45, 2.75) is 71.6 Å². The molecule has 0 unspecified atom stereocenters. The van der Waals surface area contributed by atoms with E-state index in [9.17, 15) is 14.4 Å². The standard InChI is InChI=1S/C22H28N2O5/c1-21(2,3)28-19(26)23-15-10-8-7-9-14(15)13-17(23)16-11-12-18(25)24(16)20(27)29-22(4,5)6/h7-10,13,16H,11-12H2,1-6H3/t16-/m1/s1. The molecule has 0 spiro atoms. The Morgan fingerprint density at radius 3 is 2.17 bits per heavy atom. The number of para-hydroxylation sites is 1. The maximum atomic E-state index is 13.0. The first-order chi connectivity index (χ1) is 13.4. The number of likely N-dealkylation sites (tertiary alicyclic amines) is 1. The van der Waals surface area contributed by atoms with Crippen molar-refractivity contribution in [3.05, 3.63) is 36.0 Å². The van der Waals surface area contributed by atoms with Crippen LogP contribution in [-0.4, -0.2) is 38.8 Å². The Morgan fingerprint density at radius 1 is 0.966 bits per heavy atom. The molecule has 29 heavy (non-hydrogen) atoms. The Morgan fingerprint density at radius 2 is 1.55 bits per heavy atom. The zero-order chi connectivity index (χ0) is 21.6. The molecule has 1 aliphatic heterocycles. The second kappa shape index (κ2) is 7.21. The zero-order valence-corrected chi connectivity index (χ0v) is 17.8. The minimum Gasteiger partial charge on any atom is -0.443 e. The topological polar surface area (TPSA) is 77.8 Å². The molecular formula is C22H28N2O5. The summed E-state index contributed by atoms with van der Waals surface area (Å²) in [4.78, 5) is 39.4. The number of nitrogens with zero attached hydrogens (tertiary/aromatic N) is 2. The monoisotopic (exact) mass is 400 g/mol. The van der Waals surface area contributed by atoms with Crippen LogP contribution >= 0.6 is 0 Å². The van der Waals surface area contributed by atoms with Crippen molar-refractivity contribution in [2.75, 3.05) is 0 Å². The maximum Gasteiger partial charge on any atom is 0.419 e. The molecule has 1 saturated heterocycles. The number of rotatable bonds is 1. The lowest BCUT2D eigenvalue weighted by atomic mass is 10.1. The average molecular weight is 400 g/mol. The highest BCUT2D eigenvalue weighted by Gasteiger charge is 2.42. The van der Waals surface area contributed by atoms with Gasteiger partial charge in [0.05, 0.1) is 17.3 Å². The first kappa shape index (κ1) is 20.9. The third kappa shape index (κ3) is 4.44. The van der Waals surface area contributed by atoms with Gasteiger partial charge >= 0.3 is 12.2 Å². The molecule has 1 atom stereocenters. The fraction of sp³-hybridized carbons (Fsp3) is 0.500. The number of carbonyl (C=O) groups excluding carboxylic acids is 3.